The predicted molar refractivity (Wildman–Crippen MR) is 90.4 cm³/mol. The van der Waals surface area contributed by atoms with Crippen LogP contribution in [0.25, 0.3) is 0 Å². The third kappa shape index (κ3) is 4.65. The molecule has 1 aromatic rings. The molecule has 1 fully saturated rings. The van der Waals surface area contributed by atoms with Gasteiger partial charge in [-0.2, -0.15) is 0 Å². The normalized spacial score (nSPS) is 28.3. The maximum Gasteiger partial charge on any atom is 0.345 e. The molecule has 0 bridgehead atoms. The molecule has 2 rings (SSSR count). The van der Waals surface area contributed by atoms with Gasteiger partial charge in [0.25, 0.3) is 0 Å². The second-order valence-corrected chi connectivity index (χ2v) is 13.6. The maximum atomic E-state index is 11.5. The first-order valence-electron chi connectivity index (χ1n) is 7.57. The van der Waals surface area contributed by atoms with Crippen molar-refractivity contribution in [3.8, 4) is 0 Å². The van der Waals surface area contributed by atoms with Gasteiger partial charge in [0.1, 0.15) is 24.4 Å². The topological polar surface area (TPSA) is 116 Å². The van der Waals surface area contributed by atoms with Crippen LogP contribution in [0.3, 0.4) is 0 Å². The van der Waals surface area contributed by atoms with E-state index in [1.54, 1.807) is 0 Å². The van der Waals surface area contributed by atoms with Gasteiger partial charge in [0, 0.05) is 19.8 Å². The lowest BCUT2D eigenvalue weighted by molar-refractivity contribution is -0.0237. The van der Waals surface area contributed by atoms with Gasteiger partial charge in [0.15, 0.2) is 0 Å². The molecule has 7 nitrogen and oxygen atoms in total. The Balaban J connectivity index is 2.20. The molecule has 0 radical (unpaired) electrons. The molecule has 0 unspecified atom stereocenters. The molecule has 0 aromatic carbocycles. The van der Waals surface area contributed by atoms with E-state index in [0.717, 1.165) is 11.8 Å². The van der Waals surface area contributed by atoms with Crippen molar-refractivity contribution in [2.24, 2.45) is 0 Å². The summed E-state index contributed by atoms with van der Waals surface area (Å²) in [5, 5.41) is 29.8. The molecule has 130 valence electrons. The fraction of sp³-hybridized carbons (Fsp3) is 0.714. The van der Waals surface area contributed by atoms with E-state index < -0.39 is 38.2 Å². The number of H-pyrrole nitrogens is 1. The molecule has 4 atom stereocenters. The van der Waals surface area contributed by atoms with Crippen LogP contribution in [0.5, 0.6) is 0 Å². The van der Waals surface area contributed by atoms with E-state index in [-0.39, 0.29) is 6.61 Å². The van der Waals surface area contributed by atoms with Gasteiger partial charge in [0.2, 0.25) is 0 Å². The lowest BCUT2D eigenvalue weighted by atomic mass is 10.0. The van der Waals surface area contributed by atoms with Crippen LogP contribution in [0.1, 0.15) is 11.7 Å². The molecule has 1 aliphatic heterocycles. The molecule has 1 saturated heterocycles. The standard InChI is InChI=1S/C14H24N2O5SSi/c1-23(2,3)5-4-22-13-8(6-15-14(20)16-13)12-11(19)10(18)9(7-17)21-12/h6,9-12,17-19H,4-5,7H2,1-3H3,(H,15,16,20)/t9-,10-,11-,12+/m1/s1. The van der Waals surface area contributed by atoms with E-state index >= 15 is 0 Å². The Bertz CT molecular complexity index is 591. The summed E-state index contributed by atoms with van der Waals surface area (Å²) in [6.45, 7) is 6.44. The lowest BCUT2D eigenvalue weighted by Gasteiger charge is -2.19. The van der Waals surface area contributed by atoms with Crippen molar-refractivity contribution in [1.82, 2.24) is 9.97 Å². The molecule has 0 amide bonds. The van der Waals surface area contributed by atoms with Crippen LogP contribution in [-0.2, 0) is 4.74 Å². The Morgan fingerprint density at radius 2 is 2.04 bits per heavy atom. The van der Waals surface area contributed by atoms with Gasteiger partial charge in [-0.25, -0.2) is 9.78 Å². The number of rotatable bonds is 6. The highest BCUT2D eigenvalue weighted by Crippen LogP contribution is 2.37. The fourth-order valence-corrected chi connectivity index (χ4v) is 5.88. The first-order chi connectivity index (χ1) is 10.7. The molecule has 1 aromatic heterocycles. The first-order valence-corrected chi connectivity index (χ1v) is 12.3. The van der Waals surface area contributed by atoms with E-state index in [9.17, 15) is 20.1 Å². The zero-order valence-electron chi connectivity index (χ0n) is 13.5. The van der Waals surface area contributed by atoms with E-state index in [2.05, 4.69) is 29.6 Å². The van der Waals surface area contributed by atoms with Crippen molar-refractivity contribution in [2.75, 3.05) is 12.4 Å². The molecular formula is C14H24N2O5SSi. The lowest BCUT2D eigenvalue weighted by Crippen LogP contribution is -2.32. The molecule has 0 spiro atoms. The number of hydrogen-bond acceptors (Lipinski definition) is 7. The van der Waals surface area contributed by atoms with E-state index in [4.69, 9.17) is 4.74 Å². The summed E-state index contributed by atoms with van der Waals surface area (Å²) in [6, 6.07) is 1.08. The average Bonchev–Trinajstić information content (AvgIpc) is 2.74. The number of nitrogens with zero attached hydrogens (tertiary/aromatic N) is 1. The maximum absolute atomic E-state index is 11.5. The highest BCUT2D eigenvalue weighted by Gasteiger charge is 2.44. The molecule has 2 heterocycles. The van der Waals surface area contributed by atoms with Crippen LogP contribution in [0.4, 0.5) is 0 Å². The Morgan fingerprint density at radius 1 is 1.35 bits per heavy atom. The highest BCUT2D eigenvalue weighted by atomic mass is 32.2. The van der Waals surface area contributed by atoms with Gasteiger partial charge >= 0.3 is 5.69 Å². The summed E-state index contributed by atoms with van der Waals surface area (Å²) >= 11 is 1.49. The van der Waals surface area contributed by atoms with E-state index in [1.165, 1.54) is 18.0 Å². The van der Waals surface area contributed by atoms with Crippen molar-refractivity contribution in [1.29, 1.82) is 0 Å². The number of thioether (sulfide) groups is 1. The van der Waals surface area contributed by atoms with Crippen LogP contribution in [-0.4, -0.2) is 64.0 Å². The summed E-state index contributed by atoms with van der Waals surface area (Å²) in [6.07, 6.45) is -2.63. The quantitative estimate of drug-likeness (QED) is 0.329. The SMILES string of the molecule is C[Si](C)(C)CCSc1[nH]c(=O)ncc1[C@@H]1O[C@H](CO)[C@@H](O)[C@H]1O. The zero-order chi connectivity index (χ0) is 17.2. The monoisotopic (exact) mass is 360 g/mol. The van der Waals surface area contributed by atoms with Crippen LogP contribution in [0.15, 0.2) is 16.0 Å². The molecule has 0 aliphatic carbocycles. The fourth-order valence-electron chi connectivity index (χ4n) is 2.33. The van der Waals surface area contributed by atoms with Crippen LogP contribution in [0, 0.1) is 0 Å². The van der Waals surface area contributed by atoms with E-state index in [1.807, 2.05) is 0 Å². The second-order valence-electron chi connectivity index (χ2n) is 6.89. The highest BCUT2D eigenvalue weighted by molar-refractivity contribution is 7.99. The van der Waals surface area contributed by atoms with Crippen molar-refractivity contribution in [2.45, 2.75) is 55.1 Å². The molecule has 0 saturated carbocycles. The summed E-state index contributed by atoms with van der Waals surface area (Å²) < 4.78 is 5.53. The number of ether oxygens (including phenoxy) is 1. The van der Waals surface area contributed by atoms with E-state index in [0.29, 0.717) is 10.6 Å². The number of hydrogen-bond donors (Lipinski definition) is 4. The summed E-state index contributed by atoms with van der Waals surface area (Å²) in [7, 11) is -1.20. The molecule has 1 aliphatic rings. The van der Waals surface area contributed by atoms with Crippen LogP contribution >= 0.6 is 11.8 Å². The first kappa shape index (κ1) is 18.6. The van der Waals surface area contributed by atoms with Crippen molar-refractivity contribution in [3.05, 3.63) is 22.2 Å². The summed E-state index contributed by atoms with van der Waals surface area (Å²) in [5.41, 5.74) is 0.0728. The Morgan fingerprint density at radius 3 is 2.61 bits per heavy atom. The second kappa shape index (κ2) is 7.45. The van der Waals surface area contributed by atoms with Crippen molar-refractivity contribution < 1.29 is 20.1 Å². The summed E-state index contributed by atoms with van der Waals surface area (Å²) in [4.78, 5) is 17.9. The van der Waals surface area contributed by atoms with Gasteiger partial charge in [-0.05, 0) is 11.8 Å². The predicted octanol–water partition coefficient (Wildman–Crippen LogP) is 0.354. The number of aliphatic hydroxyl groups excluding tert-OH is 3. The Hall–Kier alpha value is -0.713. The number of nitrogens with one attached hydrogen (secondary N) is 1. The zero-order valence-corrected chi connectivity index (χ0v) is 15.3. The Labute approximate surface area is 140 Å². The van der Waals surface area contributed by atoms with Gasteiger partial charge in [0.05, 0.1) is 11.6 Å². The molecular weight excluding hydrogens is 336 g/mol. The van der Waals surface area contributed by atoms with Gasteiger partial charge < -0.3 is 25.0 Å². The molecule has 23 heavy (non-hydrogen) atoms. The summed E-state index contributed by atoms with van der Waals surface area (Å²) in [5.74, 6) is 0.845. The van der Waals surface area contributed by atoms with Crippen molar-refractivity contribution in [3.63, 3.8) is 0 Å². The minimum atomic E-state index is -1.20. The minimum Gasteiger partial charge on any atom is -0.394 e. The largest absolute Gasteiger partial charge is 0.394 e. The average molecular weight is 361 g/mol. The number of aromatic amines is 1. The molecule has 4 N–H and O–H groups in total. The Kier molecular flexibility index (Phi) is 6.03. The third-order valence-electron chi connectivity index (χ3n) is 3.75. The van der Waals surface area contributed by atoms with Gasteiger partial charge in [-0.3, -0.25) is 0 Å². The van der Waals surface area contributed by atoms with Crippen LogP contribution < -0.4 is 5.69 Å². The molecule has 9 heteroatoms. The minimum absolute atomic E-state index is 0.385. The number of aliphatic hydroxyl groups is 3. The van der Waals surface area contributed by atoms with Gasteiger partial charge in [-0.1, -0.05) is 19.6 Å². The number of aromatic nitrogens is 2. The van der Waals surface area contributed by atoms with Crippen molar-refractivity contribution >= 4 is 19.8 Å². The van der Waals surface area contributed by atoms with Crippen LogP contribution in [0.2, 0.25) is 25.7 Å². The van der Waals surface area contributed by atoms with Gasteiger partial charge in [-0.15, -0.1) is 11.8 Å². The smallest absolute Gasteiger partial charge is 0.345 e. The third-order valence-corrected chi connectivity index (χ3v) is 6.90.